The maximum absolute atomic E-state index is 11.0. The number of hydrogen-bond acceptors (Lipinski definition) is 4. The predicted molar refractivity (Wildman–Crippen MR) is 82.2 cm³/mol. The maximum Gasteiger partial charge on any atom is 0.310 e. The van der Waals surface area contributed by atoms with Gasteiger partial charge in [-0.05, 0) is 42.8 Å². The van der Waals surface area contributed by atoms with Gasteiger partial charge in [-0.15, -0.1) is 0 Å². The number of rotatable bonds is 3. The van der Waals surface area contributed by atoms with E-state index in [9.17, 15) is 9.90 Å². The summed E-state index contributed by atoms with van der Waals surface area (Å²) in [5.74, 6) is -1.31. The first-order valence-electron chi connectivity index (χ1n) is 6.58. The van der Waals surface area contributed by atoms with Crippen molar-refractivity contribution >= 4 is 28.7 Å². The Bertz CT molecular complexity index is 872. The van der Waals surface area contributed by atoms with Crippen LogP contribution in [0.2, 0.25) is 5.02 Å². The molecule has 22 heavy (non-hydrogen) atoms. The topological polar surface area (TPSA) is 83.6 Å². The smallest absolute Gasteiger partial charge is 0.310 e. The zero-order valence-electron chi connectivity index (χ0n) is 11.6. The molecule has 112 valence electrons. The number of carboxylic acid groups (broad SMARTS) is 1. The zero-order valence-corrected chi connectivity index (χ0v) is 12.3. The van der Waals surface area contributed by atoms with E-state index in [1.54, 1.807) is 37.3 Å². The lowest BCUT2D eigenvalue weighted by Crippen LogP contribution is -2.06. The van der Waals surface area contributed by atoms with Gasteiger partial charge in [0.15, 0.2) is 5.58 Å². The van der Waals surface area contributed by atoms with Crippen molar-refractivity contribution in [2.45, 2.75) is 12.8 Å². The number of carboxylic acids is 1. The van der Waals surface area contributed by atoms with E-state index >= 15 is 0 Å². The minimum atomic E-state index is -0.904. The molecule has 1 atom stereocenters. The molecule has 3 aromatic rings. The van der Waals surface area contributed by atoms with Crippen LogP contribution in [-0.2, 0) is 4.79 Å². The molecule has 2 aromatic carbocycles. The molecular formula is C16H12ClNO4. The highest BCUT2D eigenvalue weighted by molar-refractivity contribution is 6.30. The molecule has 1 unspecified atom stereocenters. The predicted octanol–water partition coefficient (Wildman–Crippen LogP) is 4.04. The van der Waals surface area contributed by atoms with Crippen molar-refractivity contribution in [3.05, 3.63) is 47.0 Å². The fourth-order valence-electron chi connectivity index (χ4n) is 2.16. The molecular weight excluding hydrogens is 306 g/mol. The minimum Gasteiger partial charge on any atom is -0.507 e. The molecule has 0 spiro atoms. The molecule has 0 radical (unpaired) electrons. The average molecular weight is 318 g/mol. The van der Waals surface area contributed by atoms with Gasteiger partial charge in [0, 0.05) is 5.02 Å². The first-order valence-corrected chi connectivity index (χ1v) is 6.95. The van der Waals surface area contributed by atoms with Gasteiger partial charge in [-0.1, -0.05) is 17.7 Å². The van der Waals surface area contributed by atoms with Gasteiger partial charge in [-0.3, -0.25) is 4.79 Å². The molecule has 1 aromatic heterocycles. The molecule has 0 saturated heterocycles. The summed E-state index contributed by atoms with van der Waals surface area (Å²) < 4.78 is 5.61. The van der Waals surface area contributed by atoms with E-state index in [1.165, 1.54) is 6.07 Å². The van der Waals surface area contributed by atoms with Crippen molar-refractivity contribution in [2.24, 2.45) is 0 Å². The number of phenols is 1. The number of aromatic nitrogens is 1. The lowest BCUT2D eigenvalue weighted by atomic mass is 10.0. The monoisotopic (exact) mass is 317 g/mol. The van der Waals surface area contributed by atoms with E-state index < -0.39 is 11.9 Å². The molecule has 2 N–H and O–H groups in total. The van der Waals surface area contributed by atoms with Crippen LogP contribution in [-0.4, -0.2) is 21.2 Å². The Balaban J connectivity index is 2.08. The second kappa shape index (κ2) is 5.35. The van der Waals surface area contributed by atoms with E-state index in [0.29, 0.717) is 27.2 Å². The van der Waals surface area contributed by atoms with Crippen LogP contribution >= 0.6 is 11.6 Å². The summed E-state index contributed by atoms with van der Waals surface area (Å²) in [6.45, 7) is 1.61. The van der Waals surface area contributed by atoms with Crippen LogP contribution in [0.25, 0.3) is 22.6 Å². The summed E-state index contributed by atoms with van der Waals surface area (Å²) in [5, 5.41) is 19.4. The Morgan fingerprint density at radius 2 is 2.05 bits per heavy atom. The van der Waals surface area contributed by atoms with Gasteiger partial charge in [0.05, 0.1) is 11.5 Å². The number of carbonyl (C=O) groups is 1. The maximum atomic E-state index is 11.0. The molecule has 5 nitrogen and oxygen atoms in total. The van der Waals surface area contributed by atoms with Crippen LogP contribution < -0.4 is 0 Å². The van der Waals surface area contributed by atoms with Crippen LogP contribution in [0.3, 0.4) is 0 Å². The van der Waals surface area contributed by atoms with Crippen LogP contribution in [0.1, 0.15) is 18.4 Å². The van der Waals surface area contributed by atoms with Gasteiger partial charge >= 0.3 is 5.97 Å². The molecule has 0 amide bonds. The van der Waals surface area contributed by atoms with E-state index in [0.717, 1.165) is 0 Å². The van der Waals surface area contributed by atoms with Gasteiger partial charge < -0.3 is 14.6 Å². The van der Waals surface area contributed by atoms with Crippen molar-refractivity contribution in [1.29, 1.82) is 0 Å². The van der Waals surface area contributed by atoms with Crippen molar-refractivity contribution < 1.29 is 19.4 Å². The van der Waals surface area contributed by atoms with E-state index in [4.69, 9.17) is 21.1 Å². The van der Waals surface area contributed by atoms with E-state index in [-0.39, 0.29) is 11.6 Å². The Morgan fingerprint density at radius 1 is 1.27 bits per heavy atom. The lowest BCUT2D eigenvalue weighted by Gasteiger charge is -2.04. The normalized spacial score (nSPS) is 12.5. The van der Waals surface area contributed by atoms with Crippen LogP contribution in [0.5, 0.6) is 5.75 Å². The number of aliphatic carboxylic acids is 1. The van der Waals surface area contributed by atoms with Crippen LogP contribution in [0.15, 0.2) is 40.8 Å². The SMILES string of the molecule is CC(C(=O)O)c1ccc2oc(-c3ccc(Cl)cc3O)nc2c1. The summed E-state index contributed by atoms with van der Waals surface area (Å²) in [4.78, 5) is 15.4. The number of hydrogen-bond donors (Lipinski definition) is 2. The third-order valence-corrected chi connectivity index (χ3v) is 3.71. The number of fused-ring (bicyclic) bond motifs is 1. The standard InChI is InChI=1S/C16H12ClNO4/c1-8(16(20)21)9-2-5-14-12(6-9)18-15(22-14)11-4-3-10(17)7-13(11)19/h2-8,19H,1H3,(H,20,21). The molecule has 0 bridgehead atoms. The zero-order chi connectivity index (χ0) is 15.9. The van der Waals surface area contributed by atoms with E-state index in [1.807, 2.05) is 0 Å². The third kappa shape index (κ3) is 2.51. The molecule has 0 aliphatic carbocycles. The van der Waals surface area contributed by atoms with Crippen LogP contribution in [0, 0.1) is 0 Å². The number of aromatic hydroxyl groups is 1. The average Bonchev–Trinajstić information content (AvgIpc) is 2.88. The van der Waals surface area contributed by atoms with Crippen molar-refractivity contribution in [1.82, 2.24) is 4.98 Å². The Morgan fingerprint density at radius 3 is 2.73 bits per heavy atom. The van der Waals surface area contributed by atoms with Crippen molar-refractivity contribution in [3.8, 4) is 17.2 Å². The van der Waals surface area contributed by atoms with Gasteiger partial charge in [-0.25, -0.2) is 4.98 Å². The molecule has 1 heterocycles. The quantitative estimate of drug-likeness (QED) is 0.761. The van der Waals surface area contributed by atoms with Gasteiger partial charge in [0.25, 0.3) is 0 Å². The number of halogens is 1. The molecule has 0 aliphatic heterocycles. The number of phenolic OH excluding ortho intramolecular Hbond substituents is 1. The Hall–Kier alpha value is -2.53. The van der Waals surface area contributed by atoms with E-state index in [2.05, 4.69) is 4.98 Å². The summed E-state index contributed by atoms with van der Waals surface area (Å²) in [5.41, 5.74) is 2.12. The van der Waals surface area contributed by atoms with Crippen LogP contribution in [0.4, 0.5) is 0 Å². The summed E-state index contributed by atoms with van der Waals surface area (Å²) in [7, 11) is 0. The largest absolute Gasteiger partial charge is 0.507 e. The second-order valence-electron chi connectivity index (χ2n) is 4.97. The lowest BCUT2D eigenvalue weighted by molar-refractivity contribution is -0.138. The van der Waals surface area contributed by atoms with Gasteiger partial charge in [0.2, 0.25) is 5.89 Å². The first kappa shape index (κ1) is 14.4. The second-order valence-corrected chi connectivity index (χ2v) is 5.40. The summed E-state index contributed by atoms with van der Waals surface area (Å²) in [6, 6.07) is 9.69. The fraction of sp³-hybridized carbons (Fsp3) is 0.125. The number of oxazole rings is 1. The highest BCUT2D eigenvalue weighted by Gasteiger charge is 2.17. The number of benzene rings is 2. The number of nitrogens with zero attached hydrogens (tertiary/aromatic N) is 1. The Labute approximate surface area is 130 Å². The van der Waals surface area contributed by atoms with Gasteiger partial charge in [-0.2, -0.15) is 0 Å². The molecule has 0 saturated carbocycles. The summed E-state index contributed by atoms with van der Waals surface area (Å²) >= 11 is 5.80. The summed E-state index contributed by atoms with van der Waals surface area (Å²) in [6.07, 6.45) is 0. The molecule has 0 fully saturated rings. The molecule has 3 rings (SSSR count). The third-order valence-electron chi connectivity index (χ3n) is 3.47. The van der Waals surface area contributed by atoms with Crippen molar-refractivity contribution in [3.63, 3.8) is 0 Å². The first-order chi connectivity index (χ1) is 10.5. The highest BCUT2D eigenvalue weighted by atomic mass is 35.5. The molecule has 0 aliphatic rings. The van der Waals surface area contributed by atoms with Crippen molar-refractivity contribution in [2.75, 3.05) is 0 Å². The fourth-order valence-corrected chi connectivity index (χ4v) is 2.32. The minimum absolute atomic E-state index is 0.0295. The molecule has 6 heteroatoms. The highest BCUT2D eigenvalue weighted by Crippen LogP contribution is 2.33. The van der Waals surface area contributed by atoms with Gasteiger partial charge in [0.1, 0.15) is 11.3 Å². The Kier molecular flexibility index (Phi) is 3.50.